The van der Waals surface area contributed by atoms with Crippen LogP contribution >= 0.6 is 12.2 Å². The molecule has 2 amide bonds. The second kappa shape index (κ2) is 10.4. The highest BCUT2D eigenvalue weighted by Crippen LogP contribution is 2.21. The van der Waals surface area contributed by atoms with Crippen LogP contribution in [-0.4, -0.2) is 76.4 Å². The number of rotatable bonds is 10. The zero-order valence-electron chi connectivity index (χ0n) is 17.3. The number of thiocarbonyl (C=S) groups is 1. The van der Waals surface area contributed by atoms with Crippen molar-refractivity contribution in [1.29, 1.82) is 0 Å². The first-order chi connectivity index (χ1) is 12.9. The van der Waals surface area contributed by atoms with Crippen LogP contribution in [0.5, 0.6) is 0 Å². The zero-order chi connectivity index (χ0) is 19.9. The summed E-state index contributed by atoms with van der Waals surface area (Å²) in [5, 5.41) is 3.33. The highest BCUT2D eigenvalue weighted by atomic mass is 32.1. The first-order valence-corrected chi connectivity index (χ1v) is 10.9. The molecule has 0 aromatic heterocycles. The molecule has 0 bridgehead atoms. The van der Waals surface area contributed by atoms with E-state index in [2.05, 4.69) is 17.1 Å². The minimum Gasteiger partial charge on any atom is -0.340 e. The van der Waals surface area contributed by atoms with Gasteiger partial charge in [0.2, 0.25) is 5.91 Å². The zero-order valence-corrected chi connectivity index (χ0v) is 18.1. The third kappa shape index (κ3) is 6.14. The number of nitrogens with one attached hydrogen (secondary N) is 1. The van der Waals surface area contributed by atoms with Gasteiger partial charge < -0.3 is 15.1 Å². The Kier molecular flexibility index (Phi) is 8.48. The van der Waals surface area contributed by atoms with E-state index in [0.29, 0.717) is 17.4 Å². The summed E-state index contributed by atoms with van der Waals surface area (Å²) < 4.78 is 0. The monoisotopic (exact) mass is 396 g/mol. The molecule has 6 nitrogen and oxygen atoms in total. The summed E-state index contributed by atoms with van der Waals surface area (Å²) in [5.74, 6) is 0.318. The average molecular weight is 397 g/mol. The Labute approximate surface area is 169 Å². The molecule has 0 aromatic rings. The van der Waals surface area contributed by atoms with Crippen LogP contribution in [0.4, 0.5) is 0 Å². The molecule has 2 aliphatic heterocycles. The molecule has 0 saturated carbocycles. The molecule has 0 aromatic carbocycles. The van der Waals surface area contributed by atoms with Crippen molar-refractivity contribution in [2.24, 2.45) is 0 Å². The molecule has 27 heavy (non-hydrogen) atoms. The maximum atomic E-state index is 11.9. The lowest BCUT2D eigenvalue weighted by molar-refractivity contribution is -0.133. The molecule has 0 atom stereocenters. The molecular weight excluding hydrogens is 360 g/mol. The molecule has 2 saturated heterocycles. The van der Waals surface area contributed by atoms with Gasteiger partial charge in [-0.25, -0.2) is 0 Å². The molecule has 2 heterocycles. The van der Waals surface area contributed by atoms with Gasteiger partial charge in [0.15, 0.2) is 5.11 Å². The minimum absolute atomic E-state index is 0.00370. The van der Waals surface area contributed by atoms with Gasteiger partial charge in [0.1, 0.15) is 5.54 Å². The van der Waals surface area contributed by atoms with Crippen LogP contribution in [0.3, 0.4) is 0 Å². The quantitative estimate of drug-likeness (QED) is 0.454. The van der Waals surface area contributed by atoms with Crippen LogP contribution in [0, 0.1) is 0 Å². The van der Waals surface area contributed by atoms with E-state index in [1.807, 2.05) is 23.6 Å². The minimum atomic E-state index is -0.516. The van der Waals surface area contributed by atoms with Crippen molar-refractivity contribution in [3.63, 3.8) is 0 Å². The first kappa shape index (κ1) is 22.1. The lowest BCUT2D eigenvalue weighted by Gasteiger charge is -2.34. The molecule has 7 heteroatoms. The van der Waals surface area contributed by atoms with Crippen LogP contribution in [-0.2, 0) is 9.59 Å². The van der Waals surface area contributed by atoms with Gasteiger partial charge in [-0.15, -0.1) is 0 Å². The number of unbranched alkanes of at least 4 members (excludes halogenated alkanes) is 4. The molecule has 2 fully saturated rings. The fourth-order valence-corrected chi connectivity index (χ4v) is 4.22. The van der Waals surface area contributed by atoms with Crippen LogP contribution in [0.2, 0.25) is 0 Å². The lowest BCUT2D eigenvalue weighted by atomic mass is 10.0. The number of hydrogen-bond donors (Lipinski definition) is 1. The summed E-state index contributed by atoms with van der Waals surface area (Å²) in [4.78, 5) is 30.3. The van der Waals surface area contributed by atoms with Gasteiger partial charge in [0, 0.05) is 39.1 Å². The van der Waals surface area contributed by atoms with E-state index in [9.17, 15) is 9.59 Å². The van der Waals surface area contributed by atoms with Gasteiger partial charge in [0.05, 0.1) is 0 Å². The molecule has 1 N–H and O–H groups in total. The summed E-state index contributed by atoms with van der Waals surface area (Å²) in [6, 6.07) is 0. The Morgan fingerprint density at radius 3 is 2.19 bits per heavy atom. The standard InChI is InChI=1S/C20H36N4O2S/c1-4-10-17(25)23-15-13-22(14-16-23)11-8-6-5-7-9-12-24-19(27)21-18(26)20(24,2)3/h4-16H2,1-3H3,(H,21,26,27). The SMILES string of the molecule is CCCC(=O)N1CCN(CCCCCCCN2C(=S)NC(=O)C2(C)C)CC1. The van der Waals surface area contributed by atoms with E-state index in [4.69, 9.17) is 12.2 Å². The Bertz CT molecular complexity index is 530. The molecule has 0 aliphatic carbocycles. The van der Waals surface area contributed by atoms with E-state index in [0.717, 1.165) is 52.1 Å². The molecule has 0 radical (unpaired) electrons. The highest BCUT2D eigenvalue weighted by Gasteiger charge is 2.42. The van der Waals surface area contributed by atoms with Gasteiger partial charge in [-0.3, -0.25) is 14.5 Å². The summed E-state index contributed by atoms with van der Waals surface area (Å²) in [7, 11) is 0. The summed E-state index contributed by atoms with van der Waals surface area (Å²) in [6.07, 6.45) is 7.53. The van der Waals surface area contributed by atoms with Crippen LogP contribution < -0.4 is 5.32 Å². The molecule has 0 unspecified atom stereocenters. The number of carbonyl (C=O) groups is 2. The number of hydrogen-bond acceptors (Lipinski definition) is 4. The van der Waals surface area contributed by atoms with Gasteiger partial charge >= 0.3 is 0 Å². The van der Waals surface area contributed by atoms with E-state index >= 15 is 0 Å². The lowest BCUT2D eigenvalue weighted by Crippen LogP contribution is -2.48. The van der Waals surface area contributed by atoms with E-state index in [1.54, 1.807) is 0 Å². The predicted molar refractivity (Wildman–Crippen MR) is 113 cm³/mol. The maximum absolute atomic E-state index is 11.9. The normalized spacial score (nSPS) is 20.3. The second-order valence-corrected chi connectivity index (χ2v) is 8.60. The molecule has 154 valence electrons. The predicted octanol–water partition coefficient (Wildman–Crippen LogP) is 2.38. The van der Waals surface area contributed by atoms with Crippen molar-refractivity contribution in [3.8, 4) is 0 Å². The summed E-state index contributed by atoms with van der Waals surface area (Å²) in [6.45, 7) is 11.7. The second-order valence-electron chi connectivity index (χ2n) is 8.21. The molecule has 2 rings (SSSR count). The Hall–Kier alpha value is -1.21. The third-order valence-corrected chi connectivity index (χ3v) is 6.06. The topological polar surface area (TPSA) is 55.9 Å². The largest absolute Gasteiger partial charge is 0.340 e. The van der Waals surface area contributed by atoms with Gasteiger partial charge in [-0.2, -0.15) is 0 Å². The number of carbonyl (C=O) groups excluding carboxylic acids is 2. The Morgan fingerprint density at radius 1 is 1.04 bits per heavy atom. The maximum Gasteiger partial charge on any atom is 0.251 e. The van der Waals surface area contributed by atoms with Crippen molar-refractivity contribution in [3.05, 3.63) is 0 Å². The van der Waals surface area contributed by atoms with Crippen molar-refractivity contribution in [2.75, 3.05) is 39.3 Å². The summed E-state index contributed by atoms with van der Waals surface area (Å²) in [5.41, 5.74) is -0.516. The Morgan fingerprint density at radius 2 is 1.63 bits per heavy atom. The van der Waals surface area contributed by atoms with Gasteiger partial charge in [0.25, 0.3) is 5.91 Å². The van der Waals surface area contributed by atoms with E-state index in [-0.39, 0.29) is 5.91 Å². The van der Waals surface area contributed by atoms with E-state index in [1.165, 1.54) is 25.7 Å². The smallest absolute Gasteiger partial charge is 0.251 e. The van der Waals surface area contributed by atoms with Crippen LogP contribution in [0.1, 0.15) is 65.7 Å². The fourth-order valence-electron chi connectivity index (χ4n) is 3.80. The number of nitrogens with zero attached hydrogens (tertiary/aromatic N) is 3. The van der Waals surface area contributed by atoms with Crippen molar-refractivity contribution in [1.82, 2.24) is 20.0 Å². The van der Waals surface area contributed by atoms with Crippen molar-refractivity contribution >= 4 is 29.1 Å². The third-order valence-electron chi connectivity index (χ3n) is 5.74. The van der Waals surface area contributed by atoms with Gasteiger partial charge in [-0.05, 0) is 51.9 Å². The van der Waals surface area contributed by atoms with Crippen molar-refractivity contribution in [2.45, 2.75) is 71.3 Å². The number of amides is 2. The molecule has 2 aliphatic rings. The van der Waals surface area contributed by atoms with Crippen LogP contribution in [0.25, 0.3) is 0 Å². The Balaban J connectivity index is 1.50. The molecular formula is C20H36N4O2S. The fraction of sp³-hybridized carbons (Fsp3) is 0.850. The average Bonchev–Trinajstić information content (AvgIpc) is 2.82. The highest BCUT2D eigenvalue weighted by molar-refractivity contribution is 7.80. The van der Waals surface area contributed by atoms with Crippen LogP contribution in [0.15, 0.2) is 0 Å². The van der Waals surface area contributed by atoms with E-state index < -0.39 is 5.54 Å². The van der Waals surface area contributed by atoms with Gasteiger partial charge in [-0.1, -0.05) is 26.2 Å². The molecule has 0 spiro atoms. The summed E-state index contributed by atoms with van der Waals surface area (Å²) >= 11 is 5.26. The number of piperazine rings is 1. The van der Waals surface area contributed by atoms with Crippen molar-refractivity contribution < 1.29 is 9.59 Å². The first-order valence-electron chi connectivity index (χ1n) is 10.5.